The molecule has 1 aromatic carbocycles. The van der Waals surface area contributed by atoms with Gasteiger partial charge in [0, 0.05) is 12.3 Å². The van der Waals surface area contributed by atoms with Crippen molar-refractivity contribution in [3.05, 3.63) is 71.1 Å². The molecule has 0 aliphatic rings. The van der Waals surface area contributed by atoms with Crippen LogP contribution in [0.4, 0.5) is 18.3 Å². The Hall–Kier alpha value is -3.93. The number of halogens is 3. The van der Waals surface area contributed by atoms with Gasteiger partial charge < -0.3 is 9.73 Å². The van der Waals surface area contributed by atoms with E-state index in [1.807, 2.05) is 0 Å². The molecule has 3 aromatic heterocycles. The Kier molecular flexibility index (Phi) is 6.01. The van der Waals surface area contributed by atoms with E-state index in [0.29, 0.717) is 21.9 Å². The third-order valence-corrected chi connectivity index (χ3v) is 5.19. The van der Waals surface area contributed by atoms with Gasteiger partial charge in [0.05, 0.1) is 24.0 Å². The molecule has 0 bridgehead atoms. The maximum Gasteiger partial charge on any atom is 0.434 e. The summed E-state index contributed by atoms with van der Waals surface area (Å²) in [6.45, 7) is 1.59. The fourth-order valence-corrected chi connectivity index (χ4v) is 3.68. The normalized spacial score (nSPS) is 11.4. The third-order valence-electron chi connectivity index (χ3n) is 4.43. The second kappa shape index (κ2) is 8.90. The Labute approximate surface area is 189 Å². The highest BCUT2D eigenvalue weighted by atomic mass is 32.1. The largest absolute Gasteiger partial charge is 0.458 e. The number of carbonyl (C=O) groups excluding carboxylic acids is 2. The smallest absolute Gasteiger partial charge is 0.434 e. The predicted octanol–water partition coefficient (Wildman–Crippen LogP) is 4.50. The maximum absolute atomic E-state index is 13.8. The summed E-state index contributed by atoms with van der Waals surface area (Å²) in [5, 5.41) is 10.4. The van der Waals surface area contributed by atoms with E-state index in [9.17, 15) is 22.8 Å². The van der Waals surface area contributed by atoms with Gasteiger partial charge in [0.15, 0.2) is 16.6 Å². The first-order valence-corrected chi connectivity index (χ1v) is 10.4. The number of aromatic nitrogens is 3. The lowest BCUT2D eigenvalue weighted by Gasteiger charge is -2.12. The summed E-state index contributed by atoms with van der Waals surface area (Å²) in [4.78, 5) is 27.9. The molecular formula is C21H16F3N5O3S. The molecule has 0 fully saturated rings. The van der Waals surface area contributed by atoms with Crippen LogP contribution in [0.3, 0.4) is 0 Å². The molecule has 0 atom stereocenters. The van der Waals surface area contributed by atoms with Crippen molar-refractivity contribution < 1.29 is 27.2 Å². The summed E-state index contributed by atoms with van der Waals surface area (Å²) < 4.78 is 47.6. The molecule has 4 aromatic rings. The second-order valence-corrected chi connectivity index (χ2v) is 7.68. The summed E-state index contributed by atoms with van der Waals surface area (Å²) in [7, 11) is 0. The van der Waals surface area contributed by atoms with Crippen LogP contribution in [0.5, 0.6) is 0 Å². The van der Waals surface area contributed by atoms with Crippen molar-refractivity contribution in [3.63, 3.8) is 0 Å². The van der Waals surface area contributed by atoms with E-state index in [1.54, 1.807) is 35.7 Å². The van der Waals surface area contributed by atoms with Gasteiger partial charge in [-0.2, -0.15) is 18.3 Å². The van der Waals surface area contributed by atoms with Gasteiger partial charge in [0.25, 0.3) is 5.91 Å². The van der Waals surface area contributed by atoms with Crippen molar-refractivity contribution >= 4 is 28.3 Å². The highest BCUT2D eigenvalue weighted by Gasteiger charge is 2.40. The topological polar surface area (TPSA) is 102 Å². The molecule has 4 rings (SSSR count). The fraction of sp³-hybridized carbons (Fsp3) is 0.143. The van der Waals surface area contributed by atoms with Crippen LogP contribution in [-0.4, -0.2) is 26.6 Å². The number of carbonyl (C=O) groups is 2. The highest BCUT2D eigenvalue weighted by Crippen LogP contribution is 2.34. The number of benzene rings is 1. The zero-order valence-electron chi connectivity index (χ0n) is 17.0. The Morgan fingerprint density at radius 3 is 2.61 bits per heavy atom. The van der Waals surface area contributed by atoms with Crippen LogP contribution in [0.1, 0.15) is 28.7 Å². The van der Waals surface area contributed by atoms with Crippen LogP contribution >= 0.6 is 11.3 Å². The molecule has 0 radical (unpaired) electrons. The maximum atomic E-state index is 13.8. The molecule has 0 saturated carbocycles. The van der Waals surface area contributed by atoms with Gasteiger partial charge >= 0.3 is 6.18 Å². The zero-order valence-corrected chi connectivity index (χ0v) is 17.8. The molecule has 0 saturated heterocycles. The van der Waals surface area contributed by atoms with E-state index in [0.717, 1.165) is 17.5 Å². The van der Waals surface area contributed by atoms with E-state index in [2.05, 4.69) is 20.7 Å². The van der Waals surface area contributed by atoms with Crippen molar-refractivity contribution in [3.8, 4) is 17.1 Å². The SMILES string of the molecule is CC(=O)NCc1ccc(-c2csc(NC(=O)c3cnn(-c4ccccc4)c3C(F)(F)F)n2)o1. The first kappa shape index (κ1) is 22.3. The molecular weight excluding hydrogens is 459 g/mol. The van der Waals surface area contributed by atoms with Gasteiger partial charge in [-0.05, 0) is 24.3 Å². The lowest BCUT2D eigenvalue weighted by atomic mass is 10.2. The first-order valence-electron chi connectivity index (χ1n) is 9.53. The molecule has 8 nitrogen and oxygen atoms in total. The fourth-order valence-electron chi connectivity index (χ4n) is 2.98. The summed E-state index contributed by atoms with van der Waals surface area (Å²) in [5.41, 5.74) is -1.25. The quantitative estimate of drug-likeness (QED) is 0.428. The molecule has 12 heteroatoms. The molecule has 170 valence electrons. The Morgan fingerprint density at radius 1 is 1.15 bits per heavy atom. The average molecular weight is 475 g/mol. The Morgan fingerprint density at radius 2 is 1.91 bits per heavy atom. The Balaban J connectivity index is 1.55. The first-order chi connectivity index (χ1) is 15.7. The van der Waals surface area contributed by atoms with E-state index in [-0.39, 0.29) is 23.3 Å². The van der Waals surface area contributed by atoms with Crippen LogP contribution in [0.15, 0.2) is 58.5 Å². The van der Waals surface area contributed by atoms with Crippen molar-refractivity contribution in [1.29, 1.82) is 0 Å². The van der Waals surface area contributed by atoms with Crippen molar-refractivity contribution in [1.82, 2.24) is 20.1 Å². The van der Waals surface area contributed by atoms with E-state index in [1.165, 1.54) is 19.1 Å². The third kappa shape index (κ3) is 4.95. The van der Waals surface area contributed by atoms with Gasteiger partial charge in [0.2, 0.25) is 5.91 Å². The Bertz CT molecular complexity index is 1290. The molecule has 33 heavy (non-hydrogen) atoms. The van der Waals surface area contributed by atoms with E-state index < -0.39 is 23.3 Å². The minimum atomic E-state index is -4.81. The number of nitrogens with one attached hydrogen (secondary N) is 2. The number of para-hydroxylation sites is 1. The van der Waals surface area contributed by atoms with Crippen molar-refractivity contribution in [2.45, 2.75) is 19.6 Å². The van der Waals surface area contributed by atoms with Crippen LogP contribution in [0.2, 0.25) is 0 Å². The van der Waals surface area contributed by atoms with Crippen molar-refractivity contribution in [2.75, 3.05) is 5.32 Å². The molecule has 0 aliphatic heterocycles. The van der Waals surface area contributed by atoms with Crippen LogP contribution in [0, 0.1) is 0 Å². The monoisotopic (exact) mass is 475 g/mol. The number of nitrogens with zero attached hydrogens (tertiary/aromatic N) is 3. The summed E-state index contributed by atoms with van der Waals surface area (Å²) in [6.07, 6.45) is -3.94. The van der Waals surface area contributed by atoms with Gasteiger partial charge in [-0.15, -0.1) is 11.3 Å². The second-order valence-electron chi connectivity index (χ2n) is 6.82. The number of anilines is 1. The lowest BCUT2D eigenvalue weighted by Crippen LogP contribution is -2.20. The number of alkyl halides is 3. The lowest BCUT2D eigenvalue weighted by molar-refractivity contribution is -0.143. The number of rotatable bonds is 6. The standard InChI is InChI=1S/C21H16F3N5O3S/c1-12(30)25-9-14-7-8-17(32-14)16-11-33-20(27-16)28-19(31)15-10-26-29(18(15)21(22,23)24)13-5-3-2-4-6-13/h2-8,10-11H,9H2,1H3,(H,25,30)(H,27,28,31). The van der Waals surface area contributed by atoms with E-state index in [4.69, 9.17) is 4.42 Å². The number of amides is 2. The van der Waals surface area contributed by atoms with Gasteiger partial charge in [-0.25, -0.2) is 9.67 Å². The van der Waals surface area contributed by atoms with Crippen LogP contribution in [0.25, 0.3) is 17.1 Å². The number of hydrogen-bond acceptors (Lipinski definition) is 6. The number of furan rings is 1. The molecule has 0 aliphatic carbocycles. The highest BCUT2D eigenvalue weighted by molar-refractivity contribution is 7.14. The molecule has 2 amide bonds. The predicted molar refractivity (Wildman–Crippen MR) is 114 cm³/mol. The van der Waals surface area contributed by atoms with Crippen LogP contribution < -0.4 is 10.6 Å². The number of hydrogen-bond donors (Lipinski definition) is 2. The zero-order chi connectivity index (χ0) is 23.6. The summed E-state index contributed by atoms with van der Waals surface area (Å²) in [6, 6.07) is 11.0. The molecule has 3 heterocycles. The molecule has 0 unspecified atom stereocenters. The summed E-state index contributed by atoms with van der Waals surface area (Å²) >= 11 is 1.03. The molecule has 2 N–H and O–H groups in total. The number of thiazole rings is 1. The average Bonchev–Trinajstić information content (AvgIpc) is 3.51. The van der Waals surface area contributed by atoms with Gasteiger partial charge in [-0.3, -0.25) is 14.9 Å². The minimum Gasteiger partial charge on any atom is -0.458 e. The van der Waals surface area contributed by atoms with Gasteiger partial charge in [0.1, 0.15) is 11.5 Å². The van der Waals surface area contributed by atoms with Crippen LogP contribution in [-0.2, 0) is 17.5 Å². The summed E-state index contributed by atoms with van der Waals surface area (Å²) in [5.74, 6) is -0.307. The van der Waals surface area contributed by atoms with Gasteiger partial charge in [-0.1, -0.05) is 18.2 Å². The van der Waals surface area contributed by atoms with E-state index >= 15 is 0 Å². The molecule has 0 spiro atoms. The van der Waals surface area contributed by atoms with Crippen molar-refractivity contribution in [2.24, 2.45) is 0 Å². The minimum absolute atomic E-state index is 0.0930.